The topological polar surface area (TPSA) is 105 Å². The van der Waals surface area contributed by atoms with Crippen LogP contribution in [0.5, 0.6) is 0 Å². The Morgan fingerprint density at radius 1 is 1.30 bits per heavy atom. The van der Waals surface area contributed by atoms with Crippen molar-refractivity contribution in [1.82, 2.24) is 9.73 Å². The number of methoxy groups -OCH3 is 1. The first-order valence-corrected chi connectivity index (χ1v) is 8.24. The number of carbonyl (C=O) groups is 2. The van der Waals surface area contributed by atoms with E-state index in [-0.39, 0.29) is 10.5 Å². The van der Waals surface area contributed by atoms with Gasteiger partial charge in [0.2, 0.25) is 0 Å². The van der Waals surface area contributed by atoms with Crippen molar-refractivity contribution >= 4 is 28.2 Å². The fourth-order valence-corrected chi connectivity index (χ4v) is 3.23. The quantitative estimate of drug-likeness (QED) is 0.837. The molecule has 2 rings (SSSR count). The van der Waals surface area contributed by atoms with Crippen LogP contribution in [0.4, 0.5) is 4.79 Å². The minimum absolute atomic E-state index is 0.153. The lowest BCUT2D eigenvalue weighted by molar-refractivity contribution is 0.0596. The molecule has 1 aliphatic heterocycles. The molecule has 0 unspecified atom stereocenters. The third-order valence-corrected chi connectivity index (χ3v) is 4.74. The van der Waals surface area contributed by atoms with Crippen LogP contribution in [0.15, 0.2) is 34.3 Å². The van der Waals surface area contributed by atoms with Crippen molar-refractivity contribution in [1.29, 1.82) is 0 Å². The largest absolute Gasteiger partial charge is 0.465 e. The maximum Gasteiger partial charge on any atom is 0.352 e. The van der Waals surface area contributed by atoms with E-state index in [9.17, 15) is 18.0 Å². The van der Waals surface area contributed by atoms with Gasteiger partial charge in [-0.25, -0.2) is 27.7 Å². The standard InChI is InChI=1S/C14H17N3O5S/c1-14(2)8-9-15-17(14)13(19)16-23(20,21)11-7-5-4-6-10(11)12(18)22-3/h4-7,9H,8H2,1-3H3,(H,16,19). The minimum Gasteiger partial charge on any atom is -0.465 e. The molecule has 8 nitrogen and oxygen atoms in total. The number of nitrogens with one attached hydrogen (secondary N) is 1. The minimum atomic E-state index is -4.25. The van der Waals surface area contributed by atoms with E-state index in [1.54, 1.807) is 13.8 Å². The normalized spacial score (nSPS) is 16.2. The summed E-state index contributed by atoms with van der Waals surface area (Å²) in [5.41, 5.74) is -0.777. The zero-order valence-electron chi connectivity index (χ0n) is 12.9. The third kappa shape index (κ3) is 3.34. The Labute approximate surface area is 134 Å². The molecule has 0 bridgehead atoms. The van der Waals surface area contributed by atoms with Crippen LogP contribution in [0.1, 0.15) is 30.6 Å². The Balaban J connectivity index is 2.32. The molecular weight excluding hydrogens is 322 g/mol. The van der Waals surface area contributed by atoms with E-state index in [4.69, 9.17) is 0 Å². The summed E-state index contributed by atoms with van der Waals surface area (Å²) in [4.78, 5) is 23.6. The first-order valence-electron chi connectivity index (χ1n) is 6.76. The number of urea groups is 1. The highest BCUT2D eigenvalue weighted by atomic mass is 32.2. The second kappa shape index (κ2) is 5.99. The van der Waals surface area contributed by atoms with Crippen LogP contribution in [0.3, 0.4) is 0 Å². The average Bonchev–Trinajstić information content (AvgIpc) is 2.85. The van der Waals surface area contributed by atoms with Crippen molar-refractivity contribution < 1.29 is 22.7 Å². The van der Waals surface area contributed by atoms with Gasteiger partial charge in [0.15, 0.2) is 0 Å². The zero-order valence-corrected chi connectivity index (χ0v) is 13.8. The van der Waals surface area contributed by atoms with Gasteiger partial charge in [-0.3, -0.25) is 0 Å². The molecule has 0 saturated heterocycles. The molecule has 0 radical (unpaired) electrons. The molecule has 1 aromatic carbocycles. The molecule has 1 aromatic rings. The van der Waals surface area contributed by atoms with Crippen LogP contribution >= 0.6 is 0 Å². The van der Waals surface area contributed by atoms with E-state index in [0.717, 1.165) is 12.1 Å². The van der Waals surface area contributed by atoms with Gasteiger partial charge in [-0.2, -0.15) is 5.10 Å². The highest BCUT2D eigenvalue weighted by Gasteiger charge is 2.36. The number of nitrogens with zero attached hydrogens (tertiary/aromatic N) is 2. The summed E-state index contributed by atoms with van der Waals surface area (Å²) < 4.78 is 31.4. The lowest BCUT2D eigenvalue weighted by Gasteiger charge is -2.28. The van der Waals surface area contributed by atoms with Crippen LogP contribution in [-0.4, -0.2) is 44.3 Å². The van der Waals surface area contributed by atoms with Crippen molar-refractivity contribution in [2.45, 2.75) is 30.7 Å². The second-order valence-electron chi connectivity index (χ2n) is 5.52. The molecule has 0 spiro atoms. The van der Waals surface area contributed by atoms with Crippen LogP contribution in [-0.2, 0) is 14.8 Å². The van der Waals surface area contributed by atoms with Crippen molar-refractivity contribution in [2.24, 2.45) is 5.10 Å². The smallest absolute Gasteiger partial charge is 0.352 e. The van der Waals surface area contributed by atoms with Crippen molar-refractivity contribution in [2.75, 3.05) is 7.11 Å². The van der Waals surface area contributed by atoms with Gasteiger partial charge in [-0.15, -0.1) is 0 Å². The molecule has 0 aliphatic carbocycles. The van der Waals surface area contributed by atoms with Crippen LogP contribution in [0.25, 0.3) is 0 Å². The lowest BCUT2D eigenvalue weighted by atomic mass is 10.0. The highest BCUT2D eigenvalue weighted by Crippen LogP contribution is 2.24. The lowest BCUT2D eigenvalue weighted by Crippen LogP contribution is -2.48. The molecule has 0 atom stereocenters. The zero-order chi connectivity index (χ0) is 17.3. The number of carbonyl (C=O) groups excluding carboxylic acids is 2. The van der Waals surface area contributed by atoms with E-state index in [2.05, 4.69) is 9.84 Å². The predicted molar refractivity (Wildman–Crippen MR) is 82.5 cm³/mol. The number of esters is 1. The number of hydrazone groups is 1. The Morgan fingerprint density at radius 2 is 1.96 bits per heavy atom. The SMILES string of the molecule is COC(=O)c1ccccc1S(=O)(=O)NC(=O)N1N=CCC1(C)C. The van der Waals surface area contributed by atoms with Crippen molar-refractivity contribution in [3.05, 3.63) is 29.8 Å². The van der Waals surface area contributed by atoms with Crippen molar-refractivity contribution in [3.8, 4) is 0 Å². The van der Waals surface area contributed by atoms with Gasteiger partial charge in [0.1, 0.15) is 4.90 Å². The van der Waals surface area contributed by atoms with Gasteiger partial charge in [0.05, 0.1) is 18.2 Å². The number of hydrogen-bond donors (Lipinski definition) is 1. The molecule has 23 heavy (non-hydrogen) atoms. The van der Waals surface area contributed by atoms with Gasteiger partial charge >= 0.3 is 12.0 Å². The molecule has 0 fully saturated rings. The summed E-state index contributed by atoms with van der Waals surface area (Å²) in [6.45, 7) is 3.52. The Hall–Kier alpha value is -2.42. The first-order chi connectivity index (χ1) is 10.7. The van der Waals surface area contributed by atoms with Gasteiger partial charge in [0.25, 0.3) is 10.0 Å². The first kappa shape index (κ1) is 16.9. The summed E-state index contributed by atoms with van der Waals surface area (Å²) in [7, 11) is -3.10. The Bertz CT molecular complexity index is 770. The second-order valence-corrected chi connectivity index (χ2v) is 7.18. The summed E-state index contributed by atoms with van der Waals surface area (Å²) in [6.07, 6.45) is 2.05. The Morgan fingerprint density at radius 3 is 2.52 bits per heavy atom. The van der Waals surface area contributed by atoms with Crippen LogP contribution in [0, 0.1) is 0 Å². The molecule has 2 amide bonds. The molecule has 1 aliphatic rings. The van der Waals surface area contributed by atoms with Gasteiger partial charge in [-0.05, 0) is 26.0 Å². The highest BCUT2D eigenvalue weighted by molar-refractivity contribution is 7.90. The average molecular weight is 339 g/mol. The summed E-state index contributed by atoms with van der Waals surface area (Å²) in [5, 5.41) is 4.94. The summed E-state index contributed by atoms with van der Waals surface area (Å²) in [6, 6.07) is 4.59. The maximum absolute atomic E-state index is 12.4. The van der Waals surface area contributed by atoms with E-state index in [1.165, 1.54) is 30.5 Å². The summed E-state index contributed by atoms with van der Waals surface area (Å²) in [5.74, 6) is -0.807. The van der Waals surface area contributed by atoms with Gasteiger partial charge in [-0.1, -0.05) is 12.1 Å². The molecule has 0 aromatic heterocycles. The van der Waals surface area contributed by atoms with E-state index in [1.807, 2.05) is 4.72 Å². The van der Waals surface area contributed by atoms with Crippen LogP contribution < -0.4 is 4.72 Å². The van der Waals surface area contributed by atoms with Gasteiger partial charge in [0, 0.05) is 12.6 Å². The maximum atomic E-state index is 12.4. The van der Waals surface area contributed by atoms with Gasteiger partial charge < -0.3 is 4.74 Å². The molecular formula is C14H17N3O5S. The third-order valence-electron chi connectivity index (χ3n) is 3.36. The number of rotatable bonds is 3. The number of ether oxygens (including phenoxy) is 1. The monoisotopic (exact) mass is 339 g/mol. The number of amides is 2. The number of hydrogen-bond acceptors (Lipinski definition) is 6. The van der Waals surface area contributed by atoms with E-state index in [0.29, 0.717) is 6.42 Å². The van der Waals surface area contributed by atoms with Crippen molar-refractivity contribution in [3.63, 3.8) is 0 Å². The predicted octanol–water partition coefficient (Wildman–Crippen LogP) is 1.34. The number of sulfonamides is 1. The summed E-state index contributed by atoms with van der Waals surface area (Å²) >= 11 is 0. The molecule has 124 valence electrons. The number of benzene rings is 1. The molecule has 9 heteroatoms. The Kier molecular flexibility index (Phi) is 4.42. The molecule has 0 saturated carbocycles. The molecule has 1 N–H and O–H groups in total. The van der Waals surface area contributed by atoms with E-state index < -0.39 is 27.6 Å². The molecule has 1 heterocycles. The van der Waals surface area contributed by atoms with Crippen LogP contribution in [0.2, 0.25) is 0 Å². The fourth-order valence-electron chi connectivity index (χ4n) is 2.11. The fraction of sp³-hybridized carbons (Fsp3) is 0.357. The van der Waals surface area contributed by atoms with E-state index >= 15 is 0 Å².